The molecule has 0 spiro atoms. The van der Waals surface area contributed by atoms with Crippen molar-refractivity contribution < 1.29 is 4.52 Å². The van der Waals surface area contributed by atoms with Crippen LogP contribution in [-0.2, 0) is 13.0 Å². The van der Waals surface area contributed by atoms with Gasteiger partial charge in [-0.2, -0.15) is 4.98 Å². The lowest BCUT2D eigenvalue weighted by molar-refractivity contribution is 0.227. The Bertz CT molecular complexity index is 519. The van der Waals surface area contributed by atoms with E-state index in [9.17, 15) is 0 Å². The molecule has 0 N–H and O–H groups in total. The third-order valence-corrected chi connectivity index (χ3v) is 3.52. The van der Waals surface area contributed by atoms with Gasteiger partial charge in [-0.05, 0) is 24.9 Å². The SMILES string of the molecule is CCN(Cc1nc(Cc2ccccc2)no1)C1CC1. The Morgan fingerprint density at radius 3 is 2.74 bits per heavy atom. The van der Waals surface area contributed by atoms with E-state index < -0.39 is 0 Å². The van der Waals surface area contributed by atoms with E-state index in [1.54, 1.807) is 0 Å². The van der Waals surface area contributed by atoms with Crippen molar-refractivity contribution >= 4 is 0 Å². The molecule has 0 aliphatic heterocycles. The van der Waals surface area contributed by atoms with Crippen LogP contribution in [0.2, 0.25) is 0 Å². The normalized spacial score (nSPS) is 15.1. The van der Waals surface area contributed by atoms with Gasteiger partial charge in [0.25, 0.3) is 0 Å². The zero-order valence-corrected chi connectivity index (χ0v) is 11.2. The van der Waals surface area contributed by atoms with Crippen LogP contribution in [0.5, 0.6) is 0 Å². The second-order valence-electron chi connectivity index (χ2n) is 5.06. The predicted octanol–water partition coefficient (Wildman–Crippen LogP) is 2.64. The highest BCUT2D eigenvalue weighted by molar-refractivity contribution is 5.18. The van der Waals surface area contributed by atoms with Crippen molar-refractivity contribution in [2.45, 2.75) is 38.8 Å². The number of aromatic nitrogens is 2. The minimum Gasteiger partial charge on any atom is -0.338 e. The lowest BCUT2D eigenvalue weighted by Crippen LogP contribution is -2.25. The zero-order valence-electron chi connectivity index (χ0n) is 11.2. The van der Waals surface area contributed by atoms with E-state index in [1.807, 2.05) is 18.2 Å². The summed E-state index contributed by atoms with van der Waals surface area (Å²) in [6, 6.07) is 11.0. The summed E-state index contributed by atoms with van der Waals surface area (Å²) in [4.78, 5) is 6.89. The molecule has 1 heterocycles. The quantitative estimate of drug-likeness (QED) is 0.798. The zero-order chi connectivity index (χ0) is 13.1. The topological polar surface area (TPSA) is 42.2 Å². The molecule has 3 rings (SSSR count). The fourth-order valence-electron chi connectivity index (χ4n) is 2.32. The van der Waals surface area contributed by atoms with E-state index in [2.05, 4.69) is 34.1 Å². The van der Waals surface area contributed by atoms with Crippen molar-refractivity contribution in [3.05, 3.63) is 47.6 Å². The van der Waals surface area contributed by atoms with Crippen LogP contribution in [0, 0.1) is 0 Å². The minimum atomic E-state index is 0.731. The largest absolute Gasteiger partial charge is 0.338 e. The molecule has 1 fully saturated rings. The van der Waals surface area contributed by atoms with E-state index in [0.29, 0.717) is 0 Å². The fraction of sp³-hybridized carbons (Fsp3) is 0.467. The van der Waals surface area contributed by atoms with Gasteiger partial charge in [0.05, 0.1) is 6.54 Å². The maximum Gasteiger partial charge on any atom is 0.240 e. The van der Waals surface area contributed by atoms with Crippen LogP contribution in [0.3, 0.4) is 0 Å². The van der Waals surface area contributed by atoms with Gasteiger partial charge in [0, 0.05) is 12.5 Å². The second-order valence-corrected chi connectivity index (χ2v) is 5.06. The summed E-state index contributed by atoms with van der Waals surface area (Å²) in [6.07, 6.45) is 3.34. The molecule has 0 radical (unpaired) electrons. The molecular formula is C15H19N3O. The molecule has 0 atom stereocenters. The first-order valence-corrected chi connectivity index (χ1v) is 6.94. The molecular weight excluding hydrogens is 238 g/mol. The third-order valence-electron chi connectivity index (χ3n) is 3.52. The molecule has 1 saturated carbocycles. The van der Waals surface area contributed by atoms with Crippen molar-refractivity contribution in [1.82, 2.24) is 15.0 Å². The van der Waals surface area contributed by atoms with E-state index in [0.717, 1.165) is 37.3 Å². The smallest absolute Gasteiger partial charge is 0.240 e. The summed E-state index contributed by atoms with van der Waals surface area (Å²) in [5, 5.41) is 4.07. The Morgan fingerprint density at radius 2 is 2.05 bits per heavy atom. The Balaban J connectivity index is 1.62. The molecule has 0 unspecified atom stereocenters. The predicted molar refractivity (Wildman–Crippen MR) is 72.7 cm³/mol. The molecule has 0 saturated heterocycles. The molecule has 1 aromatic carbocycles. The number of hydrogen-bond donors (Lipinski definition) is 0. The Labute approximate surface area is 113 Å². The summed E-state index contributed by atoms with van der Waals surface area (Å²) >= 11 is 0. The highest BCUT2D eigenvalue weighted by Crippen LogP contribution is 2.27. The molecule has 4 nitrogen and oxygen atoms in total. The molecule has 1 aromatic heterocycles. The van der Waals surface area contributed by atoms with Gasteiger partial charge in [0.2, 0.25) is 5.89 Å². The number of rotatable bonds is 6. The van der Waals surface area contributed by atoms with Gasteiger partial charge in [-0.25, -0.2) is 0 Å². The van der Waals surface area contributed by atoms with Gasteiger partial charge < -0.3 is 4.52 Å². The van der Waals surface area contributed by atoms with Crippen LogP contribution >= 0.6 is 0 Å². The minimum absolute atomic E-state index is 0.731. The molecule has 2 aromatic rings. The van der Waals surface area contributed by atoms with E-state index in [4.69, 9.17) is 4.52 Å². The van der Waals surface area contributed by atoms with Gasteiger partial charge >= 0.3 is 0 Å². The van der Waals surface area contributed by atoms with Gasteiger partial charge in [-0.1, -0.05) is 42.4 Å². The first kappa shape index (κ1) is 12.4. The van der Waals surface area contributed by atoms with E-state index in [-0.39, 0.29) is 0 Å². The molecule has 19 heavy (non-hydrogen) atoms. The molecule has 1 aliphatic carbocycles. The number of benzene rings is 1. The van der Waals surface area contributed by atoms with Gasteiger partial charge in [-0.3, -0.25) is 4.90 Å². The van der Waals surface area contributed by atoms with Crippen LogP contribution < -0.4 is 0 Å². The summed E-state index contributed by atoms with van der Waals surface area (Å²) in [7, 11) is 0. The van der Waals surface area contributed by atoms with Crippen molar-refractivity contribution in [1.29, 1.82) is 0 Å². The van der Waals surface area contributed by atoms with Crippen LogP contribution in [0.1, 0.15) is 37.0 Å². The van der Waals surface area contributed by atoms with Crippen molar-refractivity contribution in [3.63, 3.8) is 0 Å². The highest BCUT2D eigenvalue weighted by atomic mass is 16.5. The second kappa shape index (κ2) is 5.53. The van der Waals surface area contributed by atoms with Crippen molar-refractivity contribution in [2.24, 2.45) is 0 Å². The summed E-state index contributed by atoms with van der Waals surface area (Å²) < 4.78 is 5.34. The monoisotopic (exact) mass is 257 g/mol. The van der Waals surface area contributed by atoms with E-state index in [1.165, 1.54) is 18.4 Å². The van der Waals surface area contributed by atoms with Gasteiger partial charge in [0.1, 0.15) is 0 Å². The van der Waals surface area contributed by atoms with Crippen LogP contribution in [0.15, 0.2) is 34.9 Å². The lowest BCUT2D eigenvalue weighted by atomic mass is 10.1. The fourth-order valence-corrected chi connectivity index (χ4v) is 2.32. The number of nitrogens with zero attached hydrogens (tertiary/aromatic N) is 3. The summed E-state index contributed by atoms with van der Waals surface area (Å²) in [6.45, 7) is 4.00. The third kappa shape index (κ3) is 3.20. The first-order chi connectivity index (χ1) is 9.35. The molecule has 0 amide bonds. The molecule has 0 bridgehead atoms. The Kier molecular flexibility index (Phi) is 3.60. The van der Waals surface area contributed by atoms with Crippen LogP contribution in [0.4, 0.5) is 0 Å². The Hall–Kier alpha value is -1.68. The van der Waals surface area contributed by atoms with Crippen LogP contribution in [-0.4, -0.2) is 27.6 Å². The highest BCUT2D eigenvalue weighted by Gasteiger charge is 2.28. The number of hydrogen-bond acceptors (Lipinski definition) is 4. The van der Waals surface area contributed by atoms with Gasteiger partial charge in [-0.15, -0.1) is 0 Å². The maximum absolute atomic E-state index is 5.34. The lowest BCUT2D eigenvalue weighted by Gasteiger charge is -2.16. The van der Waals surface area contributed by atoms with Crippen LogP contribution in [0.25, 0.3) is 0 Å². The van der Waals surface area contributed by atoms with Crippen molar-refractivity contribution in [2.75, 3.05) is 6.54 Å². The molecule has 100 valence electrons. The maximum atomic E-state index is 5.34. The standard InChI is InChI=1S/C15H19N3O/c1-2-18(13-8-9-13)11-15-16-14(17-19-15)10-12-6-4-3-5-7-12/h3-7,13H,2,8-11H2,1H3. The molecule has 1 aliphatic rings. The summed E-state index contributed by atoms with van der Waals surface area (Å²) in [5.41, 5.74) is 1.21. The Morgan fingerprint density at radius 1 is 1.26 bits per heavy atom. The average molecular weight is 257 g/mol. The first-order valence-electron chi connectivity index (χ1n) is 6.94. The summed E-state index contributed by atoms with van der Waals surface area (Å²) in [5.74, 6) is 1.51. The molecule has 4 heteroatoms. The van der Waals surface area contributed by atoms with Crippen molar-refractivity contribution in [3.8, 4) is 0 Å². The average Bonchev–Trinajstić information content (AvgIpc) is 3.19. The van der Waals surface area contributed by atoms with Gasteiger partial charge in [0.15, 0.2) is 5.82 Å². The van der Waals surface area contributed by atoms with E-state index >= 15 is 0 Å².